The van der Waals surface area contributed by atoms with Crippen LogP contribution in [0.5, 0.6) is 0 Å². The highest BCUT2D eigenvalue weighted by Gasteiger charge is 2.21. The molecule has 4 nitrogen and oxygen atoms in total. The SMILES string of the molecule is Clc1cncc2c1c(I)nn2C1CCCCO1. The third kappa shape index (κ3) is 2.04. The Labute approximate surface area is 117 Å². The average Bonchev–Trinajstić information content (AvgIpc) is 2.69. The fourth-order valence-electron chi connectivity index (χ4n) is 2.14. The van der Waals surface area contributed by atoms with Gasteiger partial charge in [-0.25, -0.2) is 4.68 Å². The van der Waals surface area contributed by atoms with Crippen LogP contribution < -0.4 is 0 Å². The van der Waals surface area contributed by atoms with E-state index in [1.165, 1.54) is 6.42 Å². The fraction of sp³-hybridized carbons (Fsp3) is 0.455. The van der Waals surface area contributed by atoms with Crippen molar-refractivity contribution >= 4 is 45.1 Å². The summed E-state index contributed by atoms with van der Waals surface area (Å²) in [5.74, 6) is 0. The number of hydrogen-bond donors (Lipinski definition) is 0. The molecule has 2 aromatic rings. The predicted octanol–water partition coefficient (Wildman–Crippen LogP) is 3.39. The van der Waals surface area contributed by atoms with E-state index in [4.69, 9.17) is 16.3 Å². The first kappa shape index (κ1) is 11.7. The number of aromatic nitrogens is 3. The molecule has 2 aromatic heterocycles. The van der Waals surface area contributed by atoms with Gasteiger partial charge in [-0.15, -0.1) is 0 Å². The summed E-state index contributed by atoms with van der Waals surface area (Å²) < 4.78 is 8.57. The average molecular weight is 364 g/mol. The summed E-state index contributed by atoms with van der Waals surface area (Å²) in [5.41, 5.74) is 0.953. The molecule has 0 radical (unpaired) electrons. The normalized spacial score (nSPS) is 20.9. The number of ether oxygens (including phenoxy) is 1. The second kappa shape index (κ2) is 4.70. The molecule has 3 rings (SSSR count). The van der Waals surface area contributed by atoms with E-state index >= 15 is 0 Å². The van der Waals surface area contributed by atoms with Crippen LogP contribution in [0.1, 0.15) is 25.5 Å². The highest BCUT2D eigenvalue weighted by Crippen LogP contribution is 2.31. The quantitative estimate of drug-likeness (QED) is 0.729. The zero-order chi connectivity index (χ0) is 11.8. The lowest BCUT2D eigenvalue weighted by Crippen LogP contribution is -2.19. The molecule has 1 atom stereocenters. The van der Waals surface area contributed by atoms with E-state index in [1.54, 1.807) is 12.4 Å². The molecule has 0 aliphatic carbocycles. The topological polar surface area (TPSA) is 39.9 Å². The largest absolute Gasteiger partial charge is 0.356 e. The van der Waals surface area contributed by atoms with Crippen molar-refractivity contribution in [2.24, 2.45) is 0 Å². The highest BCUT2D eigenvalue weighted by atomic mass is 127. The lowest BCUT2D eigenvalue weighted by Gasteiger charge is -2.23. The Kier molecular flexibility index (Phi) is 3.23. The minimum absolute atomic E-state index is 0.0232. The van der Waals surface area contributed by atoms with Crippen molar-refractivity contribution in [3.63, 3.8) is 0 Å². The van der Waals surface area contributed by atoms with Crippen LogP contribution in [0.4, 0.5) is 0 Å². The molecule has 17 heavy (non-hydrogen) atoms. The zero-order valence-electron chi connectivity index (χ0n) is 9.07. The van der Waals surface area contributed by atoms with Crippen molar-refractivity contribution < 1.29 is 4.74 Å². The van der Waals surface area contributed by atoms with Gasteiger partial charge < -0.3 is 4.74 Å². The van der Waals surface area contributed by atoms with Gasteiger partial charge in [0.15, 0.2) is 6.23 Å². The lowest BCUT2D eigenvalue weighted by atomic mass is 10.2. The molecular weight excluding hydrogens is 352 g/mol. The summed E-state index contributed by atoms with van der Waals surface area (Å²) in [6, 6.07) is 0. The molecule has 1 fully saturated rings. The molecule has 0 saturated carbocycles. The van der Waals surface area contributed by atoms with Crippen LogP contribution in [0.15, 0.2) is 12.4 Å². The molecule has 0 aromatic carbocycles. The van der Waals surface area contributed by atoms with E-state index in [-0.39, 0.29) is 6.23 Å². The summed E-state index contributed by atoms with van der Waals surface area (Å²) >= 11 is 8.35. The maximum atomic E-state index is 6.15. The van der Waals surface area contributed by atoms with Crippen LogP contribution in [-0.4, -0.2) is 21.4 Å². The number of halogens is 2. The maximum Gasteiger partial charge on any atom is 0.150 e. The molecular formula is C11H11ClIN3O. The van der Waals surface area contributed by atoms with Gasteiger partial charge in [-0.05, 0) is 41.9 Å². The Hall–Kier alpha value is -0.400. The molecule has 0 bridgehead atoms. The monoisotopic (exact) mass is 363 g/mol. The predicted molar refractivity (Wildman–Crippen MR) is 74.1 cm³/mol. The molecule has 3 heterocycles. The number of fused-ring (bicyclic) bond motifs is 1. The van der Waals surface area contributed by atoms with E-state index < -0.39 is 0 Å². The van der Waals surface area contributed by atoms with Crippen molar-refractivity contribution in [2.75, 3.05) is 6.61 Å². The first-order chi connectivity index (χ1) is 8.27. The third-order valence-electron chi connectivity index (χ3n) is 2.96. The molecule has 0 amide bonds. The summed E-state index contributed by atoms with van der Waals surface area (Å²) in [6.45, 7) is 0.802. The zero-order valence-corrected chi connectivity index (χ0v) is 12.0. The molecule has 90 valence electrons. The Bertz CT molecular complexity index is 551. The van der Waals surface area contributed by atoms with Crippen LogP contribution in [0.25, 0.3) is 10.9 Å². The Morgan fingerprint density at radius 3 is 3.06 bits per heavy atom. The van der Waals surface area contributed by atoms with Gasteiger partial charge in [0.05, 0.1) is 22.1 Å². The molecule has 1 aliphatic heterocycles. The standard InChI is InChI=1S/C11H11ClIN3O/c12-7-5-14-6-8-10(7)11(13)15-16(8)9-3-1-2-4-17-9/h5-6,9H,1-4H2. The number of nitrogens with zero attached hydrogens (tertiary/aromatic N) is 3. The van der Waals surface area contributed by atoms with E-state index in [0.29, 0.717) is 5.02 Å². The molecule has 6 heteroatoms. The minimum Gasteiger partial charge on any atom is -0.356 e. The van der Waals surface area contributed by atoms with Crippen molar-refractivity contribution in [1.82, 2.24) is 14.8 Å². The van der Waals surface area contributed by atoms with Crippen molar-refractivity contribution in [1.29, 1.82) is 0 Å². The summed E-state index contributed by atoms with van der Waals surface area (Å²) in [6.07, 6.45) is 6.78. The summed E-state index contributed by atoms with van der Waals surface area (Å²) in [4.78, 5) is 4.13. The van der Waals surface area contributed by atoms with Crippen molar-refractivity contribution in [3.8, 4) is 0 Å². The first-order valence-electron chi connectivity index (χ1n) is 5.56. The molecule has 1 saturated heterocycles. The second-order valence-electron chi connectivity index (χ2n) is 4.07. The van der Waals surface area contributed by atoms with Crippen LogP contribution in [0.2, 0.25) is 5.02 Å². The minimum atomic E-state index is 0.0232. The second-order valence-corrected chi connectivity index (χ2v) is 5.50. The van der Waals surface area contributed by atoms with E-state index in [2.05, 4.69) is 32.7 Å². The van der Waals surface area contributed by atoms with Gasteiger partial charge in [-0.3, -0.25) is 4.98 Å². The molecule has 1 aliphatic rings. The van der Waals surface area contributed by atoms with Gasteiger partial charge in [-0.1, -0.05) is 11.6 Å². The Morgan fingerprint density at radius 2 is 2.29 bits per heavy atom. The number of pyridine rings is 1. The molecule has 0 spiro atoms. The lowest BCUT2D eigenvalue weighted by molar-refractivity contribution is -0.0369. The van der Waals surface area contributed by atoms with Gasteiger partial charge in [0, 0.05) is 12.8 Å². The van der Waals surface area contributed by atoms with Gasteiger partial charge in [0.1, 0.15) is 3.70 Å². The third-order valence-corrected chi connectivity index (χ3v) is 4.00. The van der Waals surface area contributed by atoms with Gasteiger partial charge >= 0.3 is 0 Å². The van der Waals surface area contributed by atoms with Crippen LogP contribution in [0, 0.1) is 3.70 Å². The van der Waals surface area contributed by atoms with Gasteiger partial charge in [0.2, 0.25) is 0 Å². The highest BCUT2D eigenvalue weighted by molar-refractivity contribution is 14.1. The summed E-state index contributed by atoms with van der Waals surface area (Å²) in [5, 5.41) is 6.14. The van der Waals surface area contributed by atoms with Crippen LogP contribution in [0.3, 0.4) is 0 Å². The number of rotatable bonds is 1. The van der Waals surface area contributed by atoms with Crippen LogP contribution in [-0.2, 0) is 4.74 Å². The smallest absolute Gasteiger partial charge is 0.150 e. The van der Waals surface area contributed by atoms with Crippen LogP contribution >= 0.6 is 34.2 Å². The molecule has 1 unspecified atom stereocenters. The van der Waals surface area contributed by atoms with Crippen molar-refractivity contribution in [2.45, 2.75) is 25.5 Å². The summed E-state index contributed by atoms with van der Waals surface area (Å²) in [7, 11) is 0. The Morgan fingerprint density at radius 1 is 1.41 bits per heavy atom. The van der Waals surface area contributed by atoms with E-state index in [9.17, 15) is 0 Å². The number of hydrogen-bond acceptors (Lipinski definition) is 3. The van der Waals surface area contributed by atoms with Gasteiger partial charge in [0.25, 0.3) is 0 Å². The van der Waals surface area contributed by atoms with E-state index in [0.717, 1.165) is 34.1 Å². The Balaban J connectivity index is 2.13. The first-order valence-corrected chi connectivity index (χ1v) is 7.02. The van der Waals surface area contributed by atoms with E-state index in [1.807, 2.05) is 4.68 Å². The molecule has 0 N–H and O–H groups in total. The van der Waals surface area contributed by atoms with Gasteiger partial charge in [-0.2, -0.15) is 5.10 Å². The fourth-order valence-corrected chi connectivity index (χ4v) is 3.34. The van der Waals surface area contributed by atoms with Crippen molar-refractivity contribution in [3.05, 3.63) is 21.1 Å². The maximum absolute atomic E-state index is 6.15.